The van der Waals surface area contributed by atoms with Crippen molar-refractivity contribution in [1.82, 2.24) is 10.3 Å². The third-order valence-corrected chi connectivity index (χ3v) is 4.68. The third-order valence-electron chi connectivity index (χ3n) is 4.68. The van der Waals surface area contributed by atoms with E-state index >= 15 is 0 Å². The topological polar surface area (TPSA) is 104 Å². The van der Waals surface area contributed by atoms with Crippen molar-refractivity contribution in [2.75, 3.05) is 6.79 Å². The fourth-order valence-corrected chi connectivity index (χ4v) is 3.26. The molecule has 7 heteroatoms. The minimum Gasteiger partial charge on any atom is -0.454 e. The van der Waals surface area contributed by atoms with Crippen molar-refractivity contribution in [3.8, 4) is 11.5 Å². The van der Waals surface area contributed by atoms with Gasteiger partial charge in [-0.05, 0) is 53.4 Å². The highest BCUT2D eigenvalue weighted by Gasteiger charge is 2.20. The number of nitrogens with one attached hydrogen (secondary N) is 1. The maximum Gasteiger partial charge on any atom is 0.251 e. The number of pyridine rings is 1. The largest absolute Gasteiger partial charge is 0.454 e. The highest BCUT2D eigenvalue weighted by Crippen LogP contribution is 2.33. The molecule has 0 atom stereocenters. The summed E-state index contributed by atoms with van der Waals surface area (Å²) < 4.78 is 10.8. The van der Waals surface area contributed by atoms with E-state index in [0.29, 0.717) is 41.2 Å². The number of hydrogen-bond donors (Lipinski definition) is 2. The Bertz CT molecular complexity index is 1070. The van der Waals surface area contributed by atoms with E-state index in [-0.39, 0.29) is 12.7 Å². The summed E-state index contributed by atoms with van der Waals surface area (Å²) in [6.45, 7) is 0.510. The molecular formula is C22H19N3O4. The van der Waals surface area contributed by atoms with E-state index in [1.165, 1.54) is 0 Å². The first-order valence-corrected chi connectivity index (χ1v) is 9.09. The lowest BCUT2D eigenvalue weighted by atomic mass is 9.93. The van der Waals surface area contributed by atoms with E-state index in [2.05, 4.69) is 10.3 Å². The highest BCUT2D eigenvalue weighted by molar-refractivity contribution is 6.01. The molecule has 0 saturated heterocycles. The number of primary amides is 1. The van der Waals surface area contributed by atoms with Crippen molar-refractivity contribution < 1.29 is 19.1 Å². The van der Waals surface area contributed by atoms with Crippen LogP contribution in [-0.2, 0) is 13.0 Å². The number of carbonyl (C=O) groups is 2. The van der Waals surface area contributed by atoms with Gasteiger partial charge in [0.15, 0.2) is 11.5 Å². The maximum absolute atomic E-state index is 12.9. The molecule has 3 aromatic rings. The number of carbonyl (C=O) groups excluding carboxylic acids is 2. The van der Waals surface area contributed by atoms with E-state index < -0.39 is 5.91 Å². The molecular weight excluding hydrogens is 370 g/mol. The smallest absolute Gasteiger partial charge is 0.251 e. The number of fused-ring (bicyclic) bond motifs is 1. The molecule has 0 spiro atoms. The van der Waals surface area contributed by atoms with Crippen LogP contribution in [0.3, 0.4) is 0 Å². The van der Waals surface area contributed by atoms with Crippen LogP contribution in [0.4, 0.5) is 0 Å². The second kappa shape index (κ2) is 8.02. The van der Waals surface area contributed by atoms with Crippen molar-refractivity contribution in [1.29, 1.82) is 0 Å². The van der Waals surface area contributed by atoms with Crippen LogP contribution in [0, 0.1) is 0 Å². The molecule has 1 aliphatic rings. The first kappa shape index (κ1) is 18.5. The van der Waals surface area contributed by atoms with Crippen molar-refractivity contribution in [3.63, 3.8) is 0 Å². The number of rotatable bonds is 6. The fraction of sp³-hybridized carbons (Fsp3) is 0.136. The predicted molar refractivity (Wildman–Crippen MR) is 106 cm³/mol. The van der Waals surface area contributed by atoms with Crippen molar-refractivity contribution in [2.45, 2.75) is 13.0 Å². The van der Waals surface area contributed by atoms with Gasteiger partial charge in [-0.15, -0.1) is 0 Å². The zero-order valence-electron chi connectivity index (χ0n) is 15.6. The zero-order valence-corrected chi connectivity index (χ0v) is 15.6. The second-order valence-corrected chi connectivity index (χ2v) is 6.60. The minimum atomic E-state index is -0.581. The van der Waals surface area contributed by atoms with Gasteiger partial charge in [0.25, 0.3) is 5.91 Å². The molecule has 2 amide bonds. The van der Waals surface area contributed by atoms with E-state index in [1.54, 1.807) is 36.7 Å². The molecule has 3 N–H and O–H groups in total. The molecule has 29 heavy (non-hydrogen) atoms. The van der Waals surface area contributed by atoms with E-state index in [4.69, 9.17) is 15.2 Å². The molecule has 2 aromatic carbocycles. The van der Waals surface area contributed by atoms with Crippen LogP contribution >= 0.6 is 0 Å². The van der Waals surface area contributed by atoms with Gasteiger partial charge in [-0.2, -0.15) is 0 Å². The van der Waals surface area contributed by atoms with Gasteiger partial charge >= 0.3 is 0 Å². The lowest BCUT2D eigenvalue weighted by molar-refractivity contribution is 0.0950. The Hall–Kier alpha value is -3.87. The Labute approximate surface area is 167 Å². The summed E-state index contributed by atoms with van der Waals surface area (Å²) in [6, 6.07) is 14.2. The van der Waals surface area contributed by atoms with E-state index in [1.807, 2.05) is 24.3 Å². The van der Waals surface area contributed by atoms with E-state index in [9.17, 15) is 9.59 Å². The van der Waals surface area contributed by atoms with Gasteiger partial charge in [0.1, 0.15) is 0 Å². The Kier molecular flexibility index (Phi) is 5.11. The number of benzene rings is 2. The minimum absolute atomic E-state index is 0.179. The van der Waals surface area contributed by atoms with Crippen molar-refractivity contribution >= 4 is 11.8 Å². The number of aromatic nitrogens is 1. The van der Waals surface area contributed by atoms with Crippen LogP contribution in [0.2, 0.25) is 0 Å². The monoisotopic (exact) mass is 389 g/mol. The van der Waals surface area contributed by atoms with Crippen molar-refractivity contribution in [2.24, 2.45) is 5.73 Å². The second-order valence-electron chi connectivity index (χ2n) is 6.60. The fourth-order valence-electron chi connectivity index (χ4n) is 3.26. The summed E-state index contributed by atoms with van der Waals surface area (Å²) in [5, 5.41) is 2.87. The molecule has 0 aliphatic carbocycles. The normalized spacial score (nSPS) is 11.9. The summed E-state index contributed by atoms with van der Waals surface area (Å²) in [5.41, 5.74) is 8.62. The van der Waals surface area contributed by atoms with Crippen LogP contribution < -0.4 is 20.5 Å². The molecule has 2 heterocycles. The summed E-state index contributed by atoms with van der Waals surface area (Å²) in [6.07, 6.45) is 3.71. The predicted octanol–water partition coefficient (Wildman–Crippen LogP) is 2.43. The number of nitrogens with zero attached hydrogens (tertiary/aromatic N) is 1. The lowest BCUT2D eigenvalue weighted by Gasteiger charge is -2.14. The Balaban J connectivity index is 1.62. The molecule has 0 fully saturated rings. The standard InChI is InChI=1S/C22H19N3O4/c23-21(26)16-4-1-5-17(22(27)25-12-15-3-2-8-24-11-15)18(16)9-14-6-7-19-20(10-14)29-13-28-19/h1-8,10-11H,9,12-13H2,(H2,23,26)(H,25,27). The van der Waals surface area contributed by atoms with E-state index in [0.717, 1.165) is 11.1 Å². The Morgan fingerprint density at radius 2 is 1.83 bits per heavy atom. The van der Waals surface area contributed by atoms with Crippen LogP contribution in [0.5, 0.6) is 11.5 Å². The first-order valence-electron chi connectivity index (χ1n) is 9.09. The molecule has 0 bridgehead atoms. The quantitative estimate of drug-likeness (QED) is 0.674. The van der Waals surface area contributed by atoms with Crippen LogP contribution in [0.15, 0.2) is 60.9 Å². The average molecular weight is 389 g/mol. The van der Waals surface area contributed by atoms with Crippen LogP contribution in [0.25, 0.3) is 0 Å². The number of nitrogens with two attached hydrogens (primary N) is 1. The molecule has 1 aliphatic heterocycles. The van der Waals surface area contributed by atoms with Gasteiger partial charge in [-0.3, -0.25) is 14.6 Å². The number of amides is 2. The van der Waals surface area contributed by atoms with Gasteiger partial charge < -0.3 is 20.5 Å². The van der Waals surface area contributed by atoms with Crippen LogP contribution in [-0.4, -0.2) is 23.6 Å². The Morgan fingerprint density at radius 1 is 1.00 bits per heavy atom. The van der Waals surface area contributed by atoms with Crippen molar-refractivity contribution in [3.05, 3.63) is 88.7 Å². The highest BCUT2D eigenvalue weighted by atomic mass is 16.7. The summed E-state index contributed by atoms with van der Waals surface area (Å²) in [4.78, 5) is 28.9. The third kappa shape index (κ3) is 4.03. The molecule has 0 saturated carbocycles. The summed E-state index contributed by atoms with van der Waals surface area (Å²) in [5.74, 6) is 0.448. The van der Waals surface area contributed by atoms with Gasteiger partial charge in [0.05, 0.1) is 0 Å². The van der Waals surface area contributed by atoms with Gasteiger partial charge in [-0.1, -0.05) is 18.2 Å². The average Bonchev–Trinajstić information content (AvgIpc) is 3.20. The molecule has 4 rings (SSSR count). The maximum atomic E-state index is 12.9. The van der Waals surface area contributed by atoms with Gasteiger partial charge in [-0.25, -0.2) is 0 Å². The van der Waals surface area contributed by atoms with Gasteiger partial charge in [0, 0.05) is 30.1 Å². The molecule has 146 valence electrons. The summed E-state index contributed by atoms with van der Waals surface area (Å²) in [7, 11) is 0. The molecule has 1 aromatic heterocycles. The molecule has 0 unspecified atom stereocenters. The first-order chi connectivity index (χ1) is 14.1. The van der Waals surface area contributed by atoms with Gasteiger partial charge in [0.2, 0.25) is 12.7 Å². The number of ether oxygens (including phenoxy) is 2. The molecule has 7 nitrogen and oxygen atoms in total. The Morgan fingerprint density at radius 3 is 2.62 bits per heavy atom. The van der Waals surface area contributed by atoms with Crippen LogP contribution in [0.1, 0.15) is 37.4 Å². The molecule has 0 radical (unpaired) electrons. The SMILES string of the molecule is NC(=O)c1cccc(C(=O)NCc2cccnc2)c1Cc1ccc2c(c1)OCO2. The lowest BCUT2D eigenvalue weighted by Crippen LogP contribution is -2.26. The summed E-state index contributed by atoms with van der Waals surface area (Å²) >= 11 is 0. The zero-order chi connectivity index (χ0) is 20.2. The number of hydrogen-bond acceptors (Lipinski definition) is 5.